The number of carbonyl (C=O) groups excluding carboxylic acids is 2. The van der Waals surface area contributed by atoms with Crippen LogP contribution in [0.2, 0.25) is 0 Å². The quantitative estimate of drug-likeness (QED) is 0.291. The smallest absolute Gasteiger partial charge is 0.269 e. The second kappa shape index (κ2) is 11.5. The highest BCUT2D eigenvalue weighted by Crippen LogP contribution is 2.13. The minimum absolute atomic E-state index is 0.0182. The highest BCUT2D eigenvalue weighted by Gasteiger charge is 2.11. The molecule has 0 radical (unpaired) electrons. The van der Waals surface area contributed by atoms with Gasteiger partial charge in [-0.05, 0) is 67.2 Å². The minimum Gasteiger partial charge on any atom is -0.490 e. The molecule has 0 atom stereocenters. The predicted octanol–water partition coefficient (Wildman–Crippen LogP) is 3.40. The Hall–Kier alpha value is -3.91. The Balaban J connectivity index is 1.40. The minimum atomic E-state index is -0.411. The van der Waals surface area contributed by atoms with E-state index < -0.39 is 5.91 Å². The Morgan fingerprint density at radius 1 is 0.750 bits per heavy atom. The number of hydrogen-bond acceptors (Lipinski definition) is 5. The molecule has 3 N–H and O–H groups in total. The molecule has 0 unspecified atom stereocenters. The molecule has 0 saturated carbocycles. The van der Waals surface area contributed by atoms with Crippen LogP contribution in [-0.2, 0) is 0 Å². The first-order chi connectivity index (χ1) is 15.5. The molecule has 0 spiro atoms. The Morgan fingerprint density at radius 3 is 2.00 bits per heavy atom. The monoisotopic (exact) mass is 449 g/mol. The lowest BCUT2D eigenvalue weighted by atomic mass is 10.1. The van der Waals surface area contributed by atoms with E-state index in [0.717, 1.165) is 11.3 Å². The van der Waals surface area contributed by atoms with Gasteiger partial charge in [0.1, 0.15) is 24.7 Å². The van der Waals surface area contributed by atoms with Crippen molar-refractivity contribution >= 4 is 29.1 Å². The number of aryl methyl sites for hydroxylation is 1. The third-order valence-corrected chi connectivity index (χ3v) is 4.59. The van der Waals surface area contributed by atoms with Crippen LogP contribution in [0, 0.1) is 6.92 Å². The van der Waals surface area contributed by atoms with Crippen molar-refractivity contribution in [3.63, 3.8) is 0 Å². The molecule has 32 heavy (non-hydrogen) atoms. The van der Waals surface area contributed by atoms with Gasteiger partial charge in [0, 0.05) is 11.1 Å². The lowest BCUT2D eigenvalue weighted by Crippen LogP contribution is -2.48. The SMILES string of the molecule is Cc1ccccc1C(=O)NNC(=S)NC(=O)c1ccc(OCCOc2ccccc2)cc1. The molecule has 0 heterocycles. The number of benzene rings is 3. The van der Waals surface area contributed by atoms with Gasteiger partial charge in [0.15, 0.2) is 5.11 Å². The van der Waals surface area contributed by atoms with Crippen molar-refractivity contribution < 1.29 is 19.1 Å². The highest BCUT2D eigenvalue weighted by atomic mass is 32.1. The third kappa shape index (κ3) is 6.82. The van der Waals surface area contributed by atoms with E-state index in [4.69, 9.17) is 21.7 Å². The zero-order chi connectivity index (χ0) is 22.8. The summed E-state index contributed by atoms with van der Waals surface area (Å²) in [5.74, 6) is 0.635. The highest BCUT2D eigenvalue weighted by molar-refractivity contribution is 7.80. The maximum Gasteiger partial charge on any atom is 0.269 e. The fraction of sp³-hybridized carbons (Fsp3) is 0.125. The molecule has 0 aromatic heterocycles. The van der Waals surface area contributed by atoms with Crippen LogP contribution in [0.4, 0.5) is 0 Å². The molecule has 0 aliphatic carbocycles. The zero-order valence-electron chi connectivity index (χ0n) is 17.5. The van der Waals surface area contributed by atoms with E-state index in [1.165, 1.54) is 0 Å². The molecule has 7 nitrogen and oxygen atoms in total. The Bertz CT molecular complexity index is 1070. The number of hydrogen-bond donors (Lipinski definition) is 3. The van der Waals surface area contributed by atoms with Gasteiger partial charge in [-0.1, -0.05) is 36.4 Å². The lowest BCUT2D eigenvalue weighted by Gasteiger charge is -2.12. The summed E-state index contributed by atoms with van der Waals surface area (Å²) < 4.78 is 11.2. The van der Waals surface area contributed by atoms with Crippen molar-refractivity contribution in [2.75, 3.05) is 13.2 Å². The van der Waals surface area contributed by atoms with Gasteiger partial charge in [0.05, 0.1) is 0 Å². The van der Waals surface area contributed by atoms with Crippen LogP contribution >= 0.6 is 12.2 Å². The summed E-state index contributed by atoms with van der Waals surface area (Å²) in [5, 5.41) is 2.50. The van der Waals surface area contributed by atoms with Gasteiger partial charge < -0.3 is 9.47 Å². The lowest BCUT2D eigenvalue weighted by molar-refractivity contribution is 0.0934. The average molecular weight is 450 g/mol. The van der Waals surface area contributed by atoms with E-state index in [1.54, 1.807) is 36.4 Å². The topological polar surface area (TPSA) is 88.7 Å². The van der Waals surface area contributed by atoms with E-state index >= 15 is 0 Å². The fourth-order valence-corrected chi connectivity index (χ4v) is 2.90. The van der Waals surface area contributed by atoms with E-state index in [9.17, 15) is 9.59 Å². The van der Waals surface area contributed by atoms with E-state index in [2.05, 4.69) is 16.2 Å². The molecular formula is C24H23N3O4S. The van der Waals surface area contributed by atoms with Crippen LogP contribution in [0.15, 0.2) is 78.9 Å². The van der Waals surface area contributed by atoms with Gasteiger partial charge >= 0.3 is 0 Å². The van der Waals surface area contributed by atoms with Crippen molar-refractivity contribution in [1.82, 2.24) is 16.2 Å². The first kappa shape index (κ1) is 22.8. The van der Waals surface area contributed by atoms with E-state index in [0.29, 0.717) is 30.1 Å². The van der Waals surface area contributed by atoms with Gasteiger partial charge in [0.2, 0.25) is 0 Å². The molecule has 0 saturated heterocycles. The summed E-state index contributed by atoms with van der Waals surface area (Å²) in [6, 6.07) is 23.2. The largest absolute Gasteiger partial charge is 0.490 e. The molecule has 2 amide bonds. The van der Waals surface area contributed by atoms with Crippen LogP contribution in [0.1, 0.15) is 26.3 Å². The number of thiocarbonyl (C=S) groups is 1. The third-order valence-electron chi connectivity index (χ3n) is 4.39. The average Bonchev–Trinajstić information content (AvgIpc) is 2.81. The molecule has 164 valence electrons. The normalized spacial score (nSPS) is 10.0. The number of nitrogens with one attached hydrogen (secondary N) is 3. The predicted molar refractivity (Wildman–Crippen MR) is 126 cm³/mol. The van der Waals surface area contributed by atoms with Crippen molar-refractivity contribution in [2.24, 2.45) is 0 Å². The van der Waals surface area contributed by atoms with Gasteiger partial charge in [0.25, 0.3) is 11.8 Å². The van der Waals surface area contributed by atoms with Crippen molar-refractivity contribution in [1.29, 1.82) is 0 Å². The molecule has 3 aromatic carbocycles. The molecule has 0 bridgehead atoms. The Morgan fingerprint density at radius 2 is 1.34 bits per heavy atom. The van der Waals surface area contributed by atoms with Crippen molar-refractivity contribution in [3.05, 3.63) is 95.6 Å². The Kier molecular flexibility index (Phi) is 8.16. The van der Waals surface area contributed by atoms with Crippen molar-refractivity contribution in [2.45, 2.75) is 6.92 Å². The van der Waals surface area contributed by atoms with Crippen LogP contribution in [-0.4, -0.2) is 30.1 Å². The molecule has 0 aliphatic rings. The van der Waals surface area contributed by atoms with E-state index in [1.807, 2.05) is 49.4 Å². The van der Waals surface area contributed by atoms with Gasteiger partial charge in [-0.3, -0.25) is 25.8 Å². The molecule has 8 heteroatoms. The molecular weight excluding hydrogens is 426 g/mol. The maximum atomic E-state index is 12.3. The van der Waals surface area contributed by atoms with Crippen molar-refractivity contribution in [3.8, 4) is 11.5 Å². The van der Waals surface area contributed by atoms with Gasteiger partial charge in [-0.2, -0.15) is 0 Å². The zero-order valence-corrected chi connectivity index (χ0v) is 18.3. The summed E-state index contributed by atoms with van der Waals surface area (Å²) in [5.41, 5.74) is 6.74. The van der Waals surface area contributed by atoms with E-state index in [-0.39, 0.29) is 11.0 Å². The number of rotatable bonds is 7. The summed E-state index contributed by atoms with van der Waals surface area (Å²) in [4.78, 5) is 24.5. The fourth-order valence-electron chi connectivity index (χ4n) is 2.75. The number of amides is 2. The van der Waals surface area contributed by atoms with Gasteiger partial charge in [-0.15, -0.1) is 0 Å². The molecule has 0 aliphatic heterocycles. The number of hydrazine groups is 1. The maximum absolute atomic E-state index is 12.3. The first-order valence-corrected chi connectivity index (χ1v) is 10.3. The number of carbonyl (C=O) groups is 2. The Labute approximate surface area is 191 Å². The van der Waals surface area contributed by atoms with Crippen LogP contribution in [0.5, 0.6) is 11.5 Å². The summed E-state index contributed by atoms with van der Waals surface area (Å²) in [7, 11) is 0. The molecule has 3 aromatic rings. The second-order valence-electron chi connectivity index (χ2n) is 6.71. The first-order valence-electron chi connectivity index (χ1n) is 9.91. The molecule has 3 rings (SSSR count). The summed E-state index contributed by atoms with van der Waals surface area (Å²) >= 11 is 5.07. The number of para-hydroxylation sites is 1. The van der Waals surface area contributed by atoms with Crippen LogP contribution < -0.4 is 25.6 Å². The summed E-state index contributed by atoms with van der Waals surface area (Å²) in [6.07, 6.45) is 0. The van der Waals surface area contributed by atoms with Crippen LogP contribution in [0.25, 0.3) is 0 Å². The van der Waals surface area contributed by atoms with Crippen LogP contribution in [0.3, 0.4) is 0 Å². The van der Waals surface area contributed by atoms with Gasteiger partial charge in [-0.25, -0.2) is 0 Å². The number of ether oxygens (including phenoxy) is 2. The second-order valence-corrected chi connectivity index (χ2v) is 7.12. The summed E-state index contributed by atoms with van der Waals surface area (Å²) in [6.45, 7) is 2.61. The standard InChI is InChI=1S/C24H23N3O4S/c1-17-7-5-6-10-21(17)23(29)26-27-24(32)25-22(28)18-11-13-20(14-12-18)31-16-15-30-19-8-3-2-4-9-19/h2-14H,15-16H2,1H3,(H,26,29)(H2,25,27,28,32). The molecule has 0 fully saturated rings.